The van der Waals surface area contributed by atoms with Crippen molar-refractivity contribution in [3.05, 3.63) is 0 Å². The number of rotatable bonds is 11. The van der Waals surface area contributed by atoms with E-state index in [1.165, 1.54) is 24.2 Å². The van der Waals surface area contributed by atoms with E-state index in [0.717, 1.165) is 38.4 Å². The molecule has 1 saturated carbocycles. The maximum absolute atomic E-state index is 12.1. The van der Waals surface area contributed by atoms with Gasteiger partial charge >= 0.3 is 0 Å². The Labute approximate surface area is 145 Å². The summed E-state index contributed by atoms with van der Waals surface area (Å²) in [5, 5.41) is 2.76. The van der Waals surface area contributed by atoms with Crippen LogP contribution in [0.15, 0.2) is 0 Å². The number of nitrogens with two attached hydrogens (primary N) is 1. The fourth-order valence-electron chi connectivity index (χ4n) is 3.27. The molecule has 2 amide bonds. The van der Waals surface area contributed by atoms with Gasteiger partial charge in [0.15, 0.2) is 0 Å². The Kier molecular flexibility index (Phi) is 10.3. The molecule has 0 aliphatic heterocycles. The van der Waals surface area contributed by atoms with E-state index < -0.39 is 6.04 Å². The van der Waals surface area contributed by atoms with Crippen molar-refractivity contribution in [2.45, 2.75) is 70.3 Å². The van der Waals surface area contributed by atoms with Crippen molar-refractivity contribution in [3.8, 4) is 0 Å². The summed E-state index contributed by atoms with van der Waals surface area (Å²) in [6, 6.07) is -0.436. The molecular formula is C18H33N3O3. The van der Waals surface area contributed by atoms with Crippen molar-refractivity contribution >= 4 is 18.1 Å². The second-order valence-corrected chi connectivity index (χ2v) is 6.90. The predicted molar refractivity (Wildman–Crippen MR) is 94.3 cm³/mol. The van der Waals surface area contributed by atoms with E-state index in [4.69, 9.17) is 5.73 Å². The predicted octanol–water partition coefficient (Wildman–Crippen LogP) is 1.62. The maximum Gasteiger partial charge on any atom is 0.240 e. The molecule has 0 aromatic heterocycles. The summed E-state index contributed by atoms with van der Waals surface area (Å²) in [6.07, 6.45) is 10.6. The van der Waals surface area contributed by atoms with Gasteiger partial charge in [-0.3, -0.25) is 9.59 Å². The Morgan fingerprint density at radius 1 is 1.21 bits per heavy atom. The summed E-state index contributed by atoms with van der Waals surface area (Å²) >= 11 is 0. The zero-order valence-electron chi connectivity index (χ0n) is 15.0. The molecule has 1 rings (SSSR count). The van der Waals surface area contributed by atoms with Gasteiger partial charge in [0, 0.05) is 13.5 Å². The quantitative estimate of drug-likeness (QED) is 0.442. The van der Waals surface area contributed by atoms with Gasteiger partial charge in [0.25, 0.3) is 0 Å². The summed E-state index contributed by atoms with van der Waals surface area (Å²) in [5.41, 5.74) is 5.42. The molecular weight excluding hydrogens is 306 g/mol. The standard InChI is InChI=1S/C18H33N3O3/c1-21(18(24)10-6-3-7-11-19)13-17(23)20-16(14-22)12-15-8-4-2-5-9-15/h14-16H,2-13,19H2,1H3,(H,20,23)/t16-/m0/s1. The second-order valence-electron chi connectivity index (χ2n) is 6.90. The SMILES string of the molecule is CN(CC(=O)N[C@H](C=O)CC1CCCCC1)C(=O)CCCCCN. The highest BCUT2D eigenvalue weighted by molar-refractivity contribution is 5.86. The molecule has 0 unspecified atom stereocenters. The summed E-state index contributed by atoms with van der Waals surface area (Å²) in [4.78, 5) is 36.7. The normalized spacial score (nSPS) is 16.4. The summed E-state index contributed by atoms with van der Waals surface area (Å²) in [7, 11) is 1.63. The smallest absolute Gasteiger partial charge is 0.240 e. The van der Waals surface area contributed by atoms with Crippen LogP contribution in [0, 0.1) is 5.92 Å². The van der Waals surface area contributed by atoms with Gasteiger partial charge in [0.2, 0.25) is 11.8 Å². The molecule has 6 heteroatoms. The number of amides is 2. The summed E-state index contributed by atoms with van der Waals surface area (Å²) in [6.45, 7) is 0.644. The van der Waals surface area contributed by atoms with E-state index >= 15 is 0 Å². The number of hydrogen-bond acceptors (Lipinski definition) is 4. The van der Waals surface area contributed by atoms with Crippen LogP contribution in [0.4, 0.5) is 0 Å². The summed E-state index contributed by atoms with van der Waals surface area (Å²) in [5.74, 6) is 0.217. The minimum atomic E-state index is -0.436. The van der Waals surface area contributed by atoms with Crippen molar-refractivity contribution in [2.75, 3.05) is 20.1 Å². The minimum Gasteiger partial charge on any atom is -0.345 e. The fraction of sp³-hybridized carbons (Fsp3) is 0.833. The van der Waals surface area contributed by atoms with Crippen LogP contribution in [0.3, 0.4) is 0 Å². The lowest BCUT2D eigenvalue weighted by atomic mass is 9.85. The third-order valence-corrected chi connectivity index (χ3v) is 4.72. The fourth-order valence-corrected chi connectivity index (χ4v) is 3.27. The molecule has 0 heterocycles. The van der Waals surface area contributed by atoms with Crippen molar-refractivity contribution < 1.29 is 14.4 Å². The van der Waals surface area contributed by atoms with Crippen LogP contribution in [0.1, 0.15) is 64.2 Å². The van der Waals surface area contributed by atoms with Gasteiger partial charge in [-0.25, -0.2) is 0 Å². The molecule has 0 saturated heterocycles. The van der Waals surface area contributed by atoms with Crippen molar-refractivity contribution in [3.63, 3.8) is 0 Å². The lowest BCUT2D eigenvalue weighted by Crippen LogP contribution is -2.44. The number of likely N-dealkylation sites (N-methyl/N-ethyl adjacent to an activating group) is 1. The van der Waals surface area contributed by atoms with E-state index in [1.807, 2.05) is 0 Å². The topological polar surface area (TPSA) is 92.5 Å². The van der Waals surface area contributed by atoms with Gasteiger partial charge in [-0.1, -0.05) is 38.5 Å². The Bertz CT molecular complexity index is 395. The number of aldehydes is 1. The van der Waals surface area contributed by atoms with Crippen LogP contribution < -0.4 is 11.1 Å². The average Bonchev–Trinajstić information content (AvgIpc) is 2.58. The summed E-state index contributed by atoms with van der Waals surface area (Å²) < 4.78 is 0. The van der Waals surface area contributed by atoms with Crippen LogP contribution in [-0.4, -0.2) is 49.2 Å². The zero-order chi connectivity index (χ0) is 17.8. The third kappa shape index (κ3) is 8.43. The van der Waals surface area contributed by atoms with E-state index in [2.05, 4.69) is 5.32 Å². The Hall–Kier alpha value is -1.43. The van der Waals surface area contributed by atoms with E-state index in [0.29, 0.717) is 25.3 Å². The molecule has 1 aliphatic rings. The van der Waals surface area contributed by atoms with Crippen LogP contribution in [-0.2, 0) is 14.4 Å². The van der Waals surface area contributed by atoms with Crippen molar-refractivity contribution in [1.29, 1.82) is 0 Å². The highest BCUT2D eigenvalue weighted by Gasteiger charge is 2.21. The maximum atomic E-state index is 12.1. The molecule has 3 N–H and O–H groups in total. The van der Waals surface area contributed by atoms with E-state index in [1.54, 1.807) is 7.05 Å². The molecule has 138 valence electrons. The van der Waals surface area contributed by atoms with Crippen LogP contribution in [0.2, 0.25) is 0 Å². The number of carbonyl (C=O) groups excluding carboxylic acids is 3. The van der Waals surface area contributed by atoms with E-state index in [9.17, 15) is 14.4 Å². The molecule has 0 spiro atoms. The molecule has 1 aliphatic carbocycles. The van der Waals surface area contributed by atoms with Gasteiger partial charge in [-0.15, -0.1) is 0 Å². The van der Waals surface area contributed by atoms with Gasteiger partial charge in [-0.2, -0.15) is 0 Å². The first-order valence-electron chi connectivity index (χ1n) is 9.25. The first kappa shape index (κ1) is 20.6. The number of nitrogens with zero attached hydrogens (tertiary/aromatic N) is 1. The average molecular weight is 339 g/mol. The monoisotopic (exact) mass is 339 g/mol. The number of hydrogen-bond donors (Lipinski definition) is 2. The molecule has 24 heavy (non-hydrogen) atoms. The van der Waals surface area contributed by atoms with Gasteiger partial charge in [-0.05, 0) is 31.7 Å². The molecule has 0 radical (unpaired) electrons. The first-order valence-corrected chi connectivity index (χ1v) is 9.25. The van der Waals surface area contributed by atoms with Crippen LogP contribution in [0.5, 0.6) is 0 Å². The Balaban J connectivity index is 2.28. The van der Waals surface area contributed by atoms with Gasteiger partial charge < -0.3 is 20.7 Å². The minimum absolute atomic E-state index is 0.00469. The molecule has 1 atom stereocenters. The highest BCUT2D eigenvalue weighted by Crippen LogP contribution is 2.26. The first-order chi connectivity index (χ1) is 11.6. The van der Waals surface area contributed by atoms with Crippen LogP contribution >= 0.6 is 0 Å². The molecule has 0 aromatic carbocycles. The Morgan fingerprint density at radius 2 is 1.92 bits per heavy atom. The van der Waals surface area contributed by atoms with Gasteiger partial charge in [0.05, 0.1) is 12.6 Å². The largest absolute Gasteiger partial charge is 0.345 e. The number of unbranched alkanes of at least 4 members (excludes halogenated alkanes) is 2. The third-order valence-electron chi connectivity index (χ3n) is 4.72. The molecule has 0 bridgehead atoms. The van der Waals surface area contributed by atoms with E-state index in [-0.39, 0.29) is 18.4 Å². The van der Waals surface area contributed by atoms with Crippen LogP contribution in [0.25, 0.3) is 0 Å². The lowest BCUT2D eigenvalue weighted by Gasteiger charge is -2.25. The van der Waals surface area contributed by atoms with Crippen molar-refractivity contribution in [2.24, 2.45) is 11.7 Å². The molecule has 1 fully saturated rings. The second kappa shape index (κ2) is 12.0. The Morgan fingerprint density at radius 3 is 2.54 bits per heavy atom. The molecule has 6 nitrogen and oxygen atoms in total. The lowest BCUT2D eigenvalue weighted by molar-refractivity contribution is -0.135. The number of carbonyl (C=O) groups is 3. The highest BCUT2D eigenvalue weighted by atomic mass is 16.2. The molecule has 0 aromatic rings. The van der Waals surface area contributed by atoms with Gasteiger partial charge in [0.1, 0.15) is 6.29 Å². The van der Waals surface area contributed by atoms with Crippen molar-refractivity contribution in [1.82, 2.24) is 10.2 Å². The zero-order valence-corrected chi connectivity index (χ0v) is 15.0. The number of nitrogens with one attached hydrogen (secondary N) is 1.